The van der Waals surface area contributed by atoms with Crippen LogP contribution < -0.4 is 5.73 Å². The Balaban J connectivity index is 2.04. The van der Waals surface area contributed by atoms with E-state index in [0.29, 0.717) is 5.41 Å². The van der Waals surface area contributed by atoms with E-state index in [1.165, 1.54) is 37.8 Å². The maximum Gasteiger partial charge on any atom is 0.0794 e. The molecule has 0 aliphatic heterocycles. The molecule has 1 aliphatic rings. The molecule has 1 aromatic rings. The summed E-state index contributed by atoms with van der Waals surface area (Å²) in [6.07, 6.45) is 7.76. The van der Waals surface area contributed by atoms with Crippen LogP contribution in [0.2, 0.25) is 0 Å². The largest absolute Gasteiger partial charge is 0.330 e. The zero-order chi connectivity index (χ0) is 9.86. The van der Waals surface area contributed by atoms with Crippen molar-refractivity contribution in [2.24, 2.45) is 11.1 Å². The average Bonchev–Trinajstić information content (AvgIpc) is 2.72. The minimum Gasteiger partial charge on any atom is -0.330 e. The molecular formula is C11H18N2S. The molecule has 0 spiro atoms. The number of rotatable bonds is 3. The van der Waals surface area contributed by atoms with Gasteiger partial charge in [0.05, 0.1) is 11.2 Å². The van der Waals surface area contributed by atoms with Crippen LogP contribution in [0.4, 0.5) is 0 Å². The number of hydrogen-bond donors (Lipinski definition) is 1. The average molecular weight is 210 g/mol. The molecule has 1 aromatic heterocycles. The third-order valence-electron chi connectivity index (χ3n) is 3.39. The summed E-state index contributed by atoms with van der Waals surface area (Å²) in [6.45, 7) is 0.824. The van der Waals surface area contributed by atoms with E-state index >= 15 is 0 Å². The zero-order valence-corrected chi connectivity index (χ0v) is 9.35. The van der Waals surface area contributed by atoms with E-state index in [9.17, 15) is 0 Å². The highest BCUT2D eigenvalue weighted by Crippen LogP contribution is 2.38. The summed E-state index contributed by atoms with van der Waals surface area (Å²) in [5.41, 5.74) is 9.46. The van der Waals surface area contributed by atoms with E-state index in [1.54, 1.807) is 11.3 Å². The van der Waals surface area contributed by atoms with Crippen LogP contribution in [0.25, 0.3) is 0 Å². The fourth-order valence-corrected chi connectivity index (χ4v) is 3.02. The number of thiazole rings is 1. The van der Waals surface area contributed by atoms with E-state index in [-0.39, 0.29) is 0 Å². The monoisotopic (exact) mass is 210 g/mol. The van der Waals surface area contributed by atoms with Crippen molar-refractivity contribution in [2.45, 2.75) is 38.5 Å². The molecular weight excluding hydrogens is 192 g/mol. The first-order chi connectivity index (χ1) is 6.85. The molecule has 1 saturated carbocycles. The topological polar surface area (TPSA) is 38.9 Å². The standard InChI is InChI=1S/C11H18N2S/c12-8-11(4-2-1-3-5-11)6-10-7-14-9-13-10/h7,9H,1-6,8,12H2. The lowest BCUT2D eigenvalue weighted by molar-refractivity contribution is 0.196. The van der Waals surface area contributed by atoms with Crippen LogP contribution in [0.3, 0.4) is 0 Å². The van der Waals surface area contributed by atoms with Crippen LogP contribution >= 0.6 is 11.3 Å². The highest BCUT2D eigenvalue weighted by Gasteiger charge is 2.31. The highest BCUT2D eigenvalue weighted by atomic mass is 32.1. The Morgan fingerprint density at radius 2 is 2.14 bits per heavy atom. The number of aromatic nitrogens is 1. The van der Waals surface area contributed by atoms with Crippen molar-refractivity contribution in [1.29, 1.82) is 0 Å². The summed E-state index contributed by atoms with van der Waals surface area (Å²) in [6, 6.07) is 0. The number of nitrogens with zero attached hydrogens (tertiary/aromatic N) is 1. The van der Waals surface area contributed by atoms with Crippen molar-refractivity contribution in [3.05, 3.63) is 16.6 Å². The molecule has 2 nitrogen and oxygen atoms in total. The van der Waals surface area contributed by atoms with Crippen molar-refractivity contribution >= 4 is 11.3 Å². The molecule has 0 unspecified atom stereocenters. The first-order valence-corrected chi connectivity index (χ1v) is 6.36. The maximum atomic E-state index is 5.93. The van der Waals surface area contributed by atoms with E-state index in [2.05, 4.69) is 10.4 Å². The second kappa shape index (κ2) is 4.41. The lowest BCUT2D eigenvalue weighted by Crippen LogP contribution is -2.34. The molecule has 0 amide bonds. The molecule has 0 bridgehead atoms. The second-order valence-electron chi connectivity index (χ2n) is 4.42. The summed E-state index contributed by atoms with van der Waals surface area (Å²) in [4.78, 5) is 4.37. The summed E-state index contributed by atoms with van der Waals surface area (Å²) in [7, 11) is 0. The predicted molar refractivity (Wildman–Crippen MR) is 60.4 cm³/mol. The number of nitrogens with two attached hydrogens (primary N) is 1. The minimum atomic E-state index is 0.367. The van der Waals surface area contributed by atoms with Gasteiger partial charge in [-0.1, -0.05) is 19.3 Å². The van der Waals surface area contributed by atoms with Gasteiger partial charge in [-0.3, -0.25) is 0 Å². The maximum absolute atomic E-state index is 5.93. The van der Waals surface area contributed by atoms with Gasteiger partial charge in [0.2, 0.25) is 0 Å². The first-order valence-electron chi connectivity index (χ1n) is 5.42. The van der Waals surface area contributed by atoms with Gasteiger partial charge in [0, 0.05) is 5.38 Å². The Morgan fingerprint density at radius 1 is 1.36 bits per heavy atom. The second-order valence-corrected chi connectivity index (χ2v) is 5.14. The van der Waals surface area contributed by atoms with Crippen LogP contribution in [-0.4, -0.2) is 11.5 Å². The zero-order valence-electron chi connectivity index (χ0n) is 8.54. The third kappa shape index (κ3) is 2.15. The Bertz CT molecular complexity index is 263. The van der Waals surface area contributed by atoms with E-state index in [0.717, 1.165) is 13.0 Å². The van der Waals surface area contributed by atoms with Gasteiger partial charge in [0.15, 0.2) is 0 Å². The molecule has 1 heterocycles. The quantitative estimate of drug-likeness (QED) is 0.833. The van der Waals surface area contributed by atoms with Crippen molar-refractivity contribution in [1.82, 2.24) is 4.98 Å². The van der Waals surface area contributed by atoms with Gasteiger partial charge in [0.25, 0.3) is 0 Å². The Kier molecular flexibility index (Phi) is 3.19. The smallest absolute Gasteiger partial charge is 0.0794 e. The van der Waals surface area contributed by atoms with Gasteiger partial charge in [-0.2, -0.15) is 0 Å². The van der Waals surface area contributed by atoms with E-state index in [1.807, 2.05) is 5.51 Å². The van der Waals surface area contributed by atoms with Gasteiger partial charge >= 0.3 is 0 Å². The van der Waals surface area contributed by atoms with Crippen molar-refractivity contribution < 1.29 is 0 Å². The Morgan fingerprint density at radius 3 is 2.71 bits per heavy atom. The van der Waals surface area contributed by atoms with Crippen molar-refractivity contribution in [3.8, 4) is 0 Å². The lowest BCUT2D eigenvalue weighted by atomic mass is 9.71. The lowest BCUT2D eigenvalue weighted by Gasteiger charge is -2.35. The molecule has 2 rings (SSSR count). The normalized spacial score (nSPS) is 20.9. The highest BCUT2D eigenvalue weighted by molar-refractivity contribution is 7.07. The molecule has 1 fully saturated rings. The fraction of sp³-hybridized carbons (Fsp3) is 0.727. The minimum absolute atomic E-state index is 0.367. The molecule has 1 aliphatic carbocycles. The first kappa shape index (κ1) is 10.1. The Labute approximate surface area is 89.5 Å². The number of hydrogen-bond acceptors (Lipinski definition) is 3. The summed E-state index contributed by atoms with van der Waals surface area (Å²) >= 11 is 1.69. The van der Waals surface area contributed by atoms with Gasteiger partial charge in [-0.25, -0.2) is 4.98 Å². The van der Waals surface area contributed by atoms with Crippen LogP contribution in [0, 0.1) is 5.41 Å². The molecule has 0 aromatic carbocycles. The van der Waals surface area contributed by atoms with Gasteiger partial charge < -0.3 is 5.73 Å². The predicted octanol–water partition coefficient (Wildman–Crippen LogP) is 2.59. The summed E-state index contributed by atoms with van der Waals surface area (Å²) < 4.78 is 0. The van der Waals surface area contributed by atoms with Crippen LogP contribution in [-0.2, 0) is 6.42 Å². The van der Waals surface area contributed by atoms with Gasteiger partial charge in [-0.15, -0.1) is 11.3 Å². The summed E-state index contributed by atoms with van der Waals surface area (Å²) in [5.74, 6) is 0. The Hall–Kier alpha value is -0.410. The van der Waals surface area contributed by atoms with E-state index in [4.69, 9.17) is 5.73 Å². The fourth-order valence-electron chi connectivity index (χ4n) is 2.46. The third-order valence-corrected chi connectivity index (χ3v) is 4.02. The molecule has 14 heavy (non-hydrogen) atoms. The molecule has 2 N–H and O–H groups in total. The van der Waals surface area contributed by atoms with Crippen LogP contribution in [0.5, 0.6) is 0 Å². The SMILES string of the molecule is NCC1(Cc2cscn2)CCCCC1. The van der Waals surface area contributed by atoms with Crippen LogP contribution in [0.1, 0.15) is 37.8 Å². The molecule has 78 valence electrons. The van der Waals surface area contributed by atoms with E-state index < -0.39 is 0 Å². The summed E-state index contributed by atoms with van der Waals surface area (Å²) in [5, 5.41) is 2.16. The van der Waals surface area contributed by atoms with Crippen molar-refractivity contribution in [3.63, 3.8) is 0 Å². The molecule has 3 heteroatoms. The molecule has 0 saturated heterocycles. The van der Waals surface area contributed by atoms with Gasteiger partial charge in [-0.05, 0) is 31.2 Å². The van der Waals surface area contributed by atoms with Crippen molar-refractivity contribution in [2.75, 3.05) is 6.54 Å². The van der Waals surface area contributed by atoms with Crippen LogP contribution in [0.15, 0.2) is 10.9 Å². The van der Waals surface area contributed by atoms with Gasteiger partial charge in [0.1, 0.15) is 0 Å². The molecule has 0 atom stereocenters. The molecule has 0 radical (unpaired) electrons.